The van der Waals surface area contributed by atoms with Gasteiger partial charge in [-0.05, 0) is 54.4 Å². The summed E-state index contributed by atoms with van der Waals surface area (Å²) in [6.07, 6.45) is 2.59. The highest BCUT2D eigenvalue weighted by atomic mass is 32.1. The molecule has 0 radical (unpaired) electrons. The van der Waals surface area contributed by atoms with Crippen molar-refractivity contribution in [2.75, 3.05) is 13.1 Å². The minimum atomic E-state index is -0.144. The fourth-order valence-electron chi connectivity index (χ4n) is 3.54. The lowest BCUT2D eigenvalue weighted by molar-refractivity contribution is 0.0946. The van der Waals surface area contributed by atoms with Crippen LogP contribution < -0.4 is 5.32 Å². The Kier molecular flexibility index (Phi) is 5.83. The van der Waals surface area contributed by atoms with Crippen LogP contribution in [-0.2, 0) is 13.1 Å². The van der Waals surface area contributed by atoms with E-state index in [0.717, 1.165) is 30.4 Å². The van der Waals surface area contributed by atoms with Crippen LogP contribution in [0.15, 0.2) is 46.3 Å². The Hall–Kier alpha value is -2.51. The molecule has 1 N–H and O–H groups in total. The molecule has 6 nitrogen and oxygen atoms in total. The third-order valence-corrected chi connectivity index (χ3v) is 5.84. The van der Waals surface area contributed by atoms with Gasteiger partial charge in [0, 0.05) is 18.7 Å². The normalized spacial score (nSPS) is 17.5. The lowest BCUT2D eigenvalue weighted by Gasteiger charge is -2.30. The predicted molar refractivity (Wildman–Crippen MR) is 109 cm³/mol. The number of benzene rings is 1. The summed E-state index contributed by atoms with van der Waals surface area (Å²) in [5.74, 6) is 1.57. The lowest BCUT2D eigenvalue weighted by Crippen LogP contribution is -2.33. The van der Waals surface area contributed by atoms with E-state index in [2.05, 4.69) is 27.3 Å². The molecular weight excluding hydrogens is 372 g/mol. The third kappa shape index (κ3) is 4.66. The zero-order valence-corrected chi connectivity index (χ0v) is 16.7. The minimum absolute atomic E-state index is 0.144. The summed E-state index contributed by atoms with van der Waals surface area (Å²) < 4.78 is 5.21. The molecule has 0 aliphatic carbocycles. The van der Waals surface area contributed by atoms with Crippen LogP contribution in [0.3, 0.4) is 0 Å². The maximum absolute atomic E-state index is 12.4. The topological polar surface area (TPSA) is 71.3 Å². The van der Waals surface area contributed by atoms with E-state index in [4.69, 9.17) is 4.52 Å². The number of thiophene rings is 1. The van der Waals surface area contributed by atoms with E-state index in [1.165, 1.54) is 18.4 Å². The standard InChI is InChI=1S/C21H24N4O2S/c1-15-4-2-10-25(13-15)14-16-6-8-17(9-7-16)21(26)22-12-19-23-20(24-27-19)18-5-3-11-28-18/h3,5-9,11,15H,2,4,10,12-14H2,1H3,(H,22,26)/t15-/m0/s1. The average Bonchev–Trinajstić information content (AvgIpc) is 3.38. The molecule has 0 saturated carbocycles. The van der Waals surface area contributed by atoms with Gasteiger partial charge in [-0.2, -0.15) is 4.98 Å². The van der Waals surface area contributed by atoms with Crippen molar-refractivity contribution < 1.29 is 9.32 Å². The van der Waals surface area contributed by atoms with Gasteiger partial charge in [-0.3, -0.25) is 9.69 Å². The van der Waals surface area contributed by atoms with Gasteiger partial charge in [0.15, 0.2) is 0 Å². The van der Waals surface area contributed by atoms with Gasteiger partial charge in [-0.25, -0.2) is 0 Å². The van der Waals surface area contributed by atoms with Crippen LogP contribution in [0.1, 0.15) is 41.6 Å². The second-order valence-electron chi connectivity index (χ2n) is 7.35. The Bertz CT molecular complexity index is 905. The van der Waals surface area contributed by atoms with Gasteiger partial charge in [-0.1, -0.05) is 30.3 Å². The van der Waals surface area contributed by atoms with E-state index < -0.39 is 0 Å². The number of carbonyl (C=O) groups is 1. The molecule has 28 heavy (non-hydrogen) atoms. The molecule has 1 aromatic carbocycles. The van der Waals surface area contributed by atoms with Gasteiger partial charge in [0.25, 0.3) is 5.91 Å². The number of nitrogens with zero attached hydrogens (tertiary/aromatic N) is 3. The highest BCUT2D eigenvalue weighted by molar-refractivity contribution is 7.13. The van der Waals surface area contributed by atoms with Gasteiger partial charge in [0.05, 0.1) is 11.4 Å². The summed E-state index contributed by atoms with van der Waals surface area (Å²) in [5.41, 5.74) is 1.87. The fraction of sp³-hybridized carbons (Fsp3) is 0.381. The van der Waals surface area contributed by atoms with Crippen LogP contribution in [0.4, 0.5) is 0 Å². The molecule has 0 unspecified atom stereocenters. The summed E-state index contributed by atoms with van der Waals surface area (Å²) in [5, 5.41) is 8.75. The van der Waals surface area contributed by atoms with Crippen LogP contribution in [0, 0.1) is 5.92 Å². The number of nitrogens with one attached hydrogen (secondary N) is 1. The van der Waals surface area contributed by atoms with Crippen LogP contribution in [0.5, 0.6) is 0 Å². The van der Waals surface area contributed by atoms with Gasteiger partial charge < -0.3 is 9.84 Å². The maximum atomic E-state index is 12.4. The Morgan fingerprint density at radius 3 is 2.93 bits per heavy atom. The molecular formula is C21H24N4O2S. The van der Waals surface area contributed by atoms with E-state index in [1.54, 1.807) is 11.3 Å². The van der Waals surface area contributed by atoms with Crippen molar-refractivity contribution in [3.8, 4) is 10.7 Å². The van der Waals surface area contributed by atoms with Crippen molar-refractivity contribution in [2.24, 2.45) is 5.92 Å². The molecule has 3 heterocycles. The molecule has 1 amide bonds. The maximum Gasteiger partial charge on any atom is 0.251 e. The molecule has 0 bridgehead atoms. The zero-order chi connectivity index (χ0) is 19.3. The highest BCUT2D eigenvalue weighted by Crippen LogP contribution is 2.21. The van der Waals surface area contributed by atoms with E-state index in [9.17, 15) is 4.79 Å². The van der Waals surface area contributed by atoms with E-state index >= 15 is 0 Å². The first-order valence-corrected chi connectivity index (χ1v) is 10.5. The molecule has 1 saturated heterocycles. The predicted octanol–water partition coefficient (Wildman–Crippen LogP) is 3.96. The van der Waals surface area contributed by atoms with Gasteiger partial charge in [-0.15, -0.1) is 11.3 Å². The van der Waals surface area contributed by atoms with Crippen molar-refractivity contribution in [3.05, 3.63) is 58.8 Å². The number of hydrogen-bond acceptors (Lipinski definition) is 6. The smallest absolute Gasteiger partial charge is 0.251 e. The summed E-state index contributed by atoms with van der Waals surface area (Å²) in [4.78, 5) is 20.1. The van der Waals surface area contributed by atoms with Crippen LogP contribution in [0.2, 0.25) is 0 Å². The van der Waals surface area contributed by atoms with Crippen molar-refractivity contribution in [2.45, 2.75) is 32.9 Å². The van der Waals surface area contributed by atoms with Gasteiger partial charge in [0.2, 0.25) is 11.7 Å². The number of aromatic nitrogens is 2. The first kappa shape index (κ1) is 18.8. The molecule has 3 aromatic rings. The fourth-order valence-corrected chi connectivity index (χ4v) is 4.19. The molecule has 146 valence electrons. The quantitative estimate of drug-likeness (QED) is 0.683. The van der Waals surface area contributed by atoms with Crippen molar-refractivity contribution >= 4 is 17.2 Å². The SMILES string of the molecule is C[C@H]1CCCN(Cc2ccc(C(=O)NCc3nc(-c4cccs4)no3)cc2)C1. The largest absolute Gasteiger partial charge is 0.343 e. The zero-order valence-electron chi connectivity index (χ0n) is 15.9. The van der Waals surface area contributed by atoms with Crippen LogP contribution in [0.25, 0.3) is 10.7 Å². The Morgan fingerprint density at radius 2 is 2.18 bits per heavy atom. The molecule has 2 aromatic heterocycles. The third-order valence-electron chi connectivity index (χ3n) is 4.97. The highest BCUT2D eigenvalue weighted by Gasteiger charge is 2.16. The second-order valence-corrected chi connectivity index (χ2v) is 8.30. The molecule has 4 rings (SSSR count). The monoisotopic (exact) mass is 396 g/mol. The summed E-state index contributed by atoms with van der Waals surface area (Å²) in [6.45, 7) is 5.78. The first-order valence-electron chi connectivity index (χ1n) is 9.63. The molecule has 7 heteroatoms. The van der Waals surface area contributed by atoms with Crippen LogP contribution in [-0.4, -0.2) is 34.0 Å². The Labute approximate surface area is 168 Å². The van der Waals surface area contributed by atoms with Crippen LogP contribution >= 0.6 is 11.3 Å². The van der Waals surface area contributed by atoms with Gasteiger partial charge >= 0.3 is 0 Å². The van der Waals surface area contributed by atoms with Crippen molar-refractivity contribution in [3.63, 3.8) is 0 Å². The number of likely N-dealkylation sites (tertiary alicyclic amines) is 1. The summed E-state index contributed by atoms with van der Waals surface area (Å²) >= 11 is 1.55. The van der Waals surface area contributed by atoms with E-state index in [1.807, 2.05) is 41.8 Å². The average molecular weight is 397 g/mol. The Balaban J connectivity index is 1.30. The second kappa shape index (κ2) is 8.67. The van der Waals surface area contributed by atoms with Crippen molar-refractivity contribution in [1.29, 1.82) is 0 Å². The molecule has 1 fully saturated rings. The summed E-state index contributed by atoms with van der Waals surface area (Å²) in [6, 6.07) is 11.7. The number of rotatable bonds is 6. The summed E-state index contributed by atoms with van der Waals surface area (Å²) in [7, 11) is 0. The Morgan fingerprint density at radius 1 is 1.32 bits per heavy atom. The number of hydrogen-bond donors (Lipinski definition) is 1. The van der Waals surface area contributed by atoms with E-state index in [-0.39, 0.29) is 12.5 Å². The van der Waals surface area contributed by atoms with Gasteiger partial charge in [0.1, 0.15) is 0 Å². The minimum Gasteiger partial charge on any atom is -0.343 e. The van der Waals surface area contributed by atoms with E-state index in [0.29, 0.717) is 17.3 Å². The molecule has 0 spiro atoms. The molecule has 1 atom stereocenters. The number of amides is 1. The number of carbonyl (C=O) groups excluding carboxylic acids is 1. The van der Waals surface area contributed by atoms with Crippen molar-refractivity contribution in [1.82, 2.24) is 20.4 Å². The molecule has 1 aliphatic rings. The molecule has 1 aliphatic heterocycles. The number of piperidine rings is 1. The first-order chi connectivity index (χ1) is 13.7. The lowest BCUT2D eigenvalue weighted by atomic mass is 9.99.